The van der Waals surface area contributed by atoms with Gasteiger partial charge in [-0.3, -0.25) is 0 Å². The molecule has 2 nitrogen and oxygen atoms in total. The van der Waals surface area contributed by atoms with Gasteiger partial charge < -0.3 is 9.80 Å². The van der Waals surface area contributed by atoms with Crippen molar-refractivity contribution in [1.82, 2.24) is 0 Å². The standard InChI is InChI=1S/C91H96N2/c1-19-91(20-2)83-55-61(23-21-59-25-47-73-75-51-45-71(57-81(75)89(15,16)79(73)53-59)92(67-37-29-63(30-38-67)85(3,4)5)68-39-31-64(32-40-68)86(6,7)8)27-49-77(83)78-50-28-62(56-84(78)91)24-22-60-26-48-74-76-52-46-72(58-82(76)90(17,18)80(74)54-60)93(69-41-33-65(34-42-69)87(9,10)11)70-43-35-66(36-44-70)88(12,13)14/h21-58H,19-20H2,1-18H3/b23-21+,24-22+. The molecule has 13 rings (SSSR count). The van der Waals surface area contributed by atoms with Crippen molar-refractivity contribution in [3.8, 4) is 33.4 Å². The second kappa shape index (κ2) is 22.8. The molecule has 0 aromatic heterocycles. The topological polar surface area (TPSA) is 6.48 Å². The highest BCUT2D eigenvalue weighted by molar-refractivity contribution is 5.90. The second-order valence-corrected chi connectivity index (χ2v) is 32.2. The average Bonchev–Trinajstić information content (AvgIpc) is 1.60. The van der Waals surface area contributed by atoms with Gasteiger partial charge >= 0.3 is 0 Å². The first-order valence-corrected chi connectivity index (χ1v) is 34.2. The third-order valence-electron chi connectivity index (χ3n) is 21.4. The smallest absolute Gasteiger partial charge is 0.0465 e. The van der Waals surface area contributed by atoms with E-state index in [2.05, 4.69) is 365 Å². The van der Waals surface area contributed by atoms with Crippen LogP contribution in [0.15, 0.2) is 206 Å². The van der Waals surface area contributed by atoms with Crippen LogP contribution in [-0.4, -0.2) is 0 Å². The third-order valence-corrected chi connectivity index (χ3v) is 21.4. The van der Waals surface area contributed by atoms with Gasteiger partial charge in [-0.2, -0.15) is 0 Å². The van der Waals surface area contributed by atoms with Gasteiger partial charge in [-0.1, -0.05) is 282 Å². The summed E-state index contributed by atoms with van der Waals surface area (Å²) in [7, 11) is 0. The second-order valence-electron chi connectivity index (χ2n) is 32.2. The van der Waals surface area contributed by atoms with Crippen molar-refractivity contribution in [3.63, 3.8) is 0 Å². The summed E-state index contributed by atoms with van der Waals surface area (Å²) in [5.41, 5.74) is 33.4. The zero-order chi connectivity index (χ0) is 66.0. The molecule has 0 radical (unpaired) electrons. The lowest BCUT2D eigenvalue weighted by Gasteiger charge is -2.30. The zero-order valence-corrected chi connectivity index (χ0v) is 58.7. The molecular weight excluding hydrogens is 1120 g/mol. The molecule has 0 saturated carbocycles. The number of nitrogens with zero attached hydrogens (tertiary/aromatic N) is 2. The van der Waals surface area contributed by atoms with E-state index in [9.17, 15) is 0 Å². The molecule has 470 valence electrons. The van der Waals surface area contributed by atoms with E-state index < -0.39 is 0 Å². The van der Waals surface area contributed by atoms with E-state index in [-0.39, 0.29) is 37.9 Å². The third kappa shape index (κ3) is 11.2. The van der Waals surface area contributed by atoms with Gasteiger partial charge in [0.15, 0.2) is 0 Å². The molecule has 93 heavy (non-hydrogen) atoms. The molecular formula is C91H96N2. The van der Waals surface area contributed by atoms with Crippen LogP contribution < -0.4 is 9.80 Å². The Hall–Kier alpha value is -8.72. The number of anilines is 6. The number of hydrogen-bond acceptors (Lipinski definition) is 2. The molecule has 0 unspecified atom stereocenters. The predicted molar refractivity (Wildman–Crippen MR) is 403 cm³/mol. The van der Waals surface area contributed by atoms with Gasteiger partial charge in [0, 0.05) is 50.4 Å². The molecule has 0 bridgehead atoms. The number of fused-ring (bicyclic) bond motifs is 9. The van der Waals surface area contributed by atoms with Gasteiger partial charge in [-0.05, 0) is 219 Å². The first-order valence-electron chi connectivity index (χ1n) is 34.2. The Morgan fingerprint density at radius 3 is 0.699 bits per heavy atom. The molecule has 0 fully saturated rings. The zero-order valence-electron chi connectivity index (χ0n) is 58.7. The minimum absolute atomic E-state index is 0.0731. The van der Waals surface area contributed by atoms with Crippen molar-refractivity contribution in [2.75, 3.05) is 9.80 Å². The molecule has 0 aliphatic heterocycles. The summed E-state index contributed by atoms with van der Waals surface area (Å²) in [6.45, 7) is 41.8. The summed E-state index contributed by atoms with van der Waals surface area (Å²) >= 11 is 0. The van der Waals surface area contributed by atoms with Crippen molar-refractivity contribution in [2.24, 2.45) is 0 Å². The van der Waals surface area contributed by atoms with Crippen molar-refractivity contribution in [1.29, 1.82) is 0 Å². The molecule has 10 aromatic carbocycles. The van der Waals surface area contributed by atoms with Crippen molar-refractivity contribution >= 4 is 58.4 Å². The summed E-state index contributed by atoms with van der Waals surface area (Å²) in [5.74, 6) is 0. The van der Waals surface area contributed by atoms with Crippen LogP contribution in [0.1, 0.15) is 215 Å². The Morgan fingerprint density at radius 1 is 0.258 bits per heavy atom. The fraction of sp³-hybridized carbons (Fsp3) is 0.297. The lowest BCUT2D eigenvalue weighted by atomic mass is 9.73. The Morgan fingerprint density at radius 2 is 0.462 bits per heavy atom. The summed E-state index contributed by atoms with van der Waals surface area (Å²) in [6.07, 6.45) is 11.4. The van der Waals surface area contributed by atoms with Gasteiger partial charge in [0.25, 0.3) is 0 Å². The van der Waals surface area contributed by atoms with E-state index in [4.69, 9.17) is 0 Å². The molecule has 3 aliphatic rings. The van der Waals surface area contributed by atoms with E-state index in [1.54, 1.807) is 0 Å². The molecule has 0 saturated heterocycles. The minimum Gasteiger partial charge on any atom is -0.310 e. The maximum atomic E-state index is 2.49. The molecule has 0 spiro atoms. The monoisotopic (exact) mass is 1220 g/mol. The lowest BCUT2D eigenvalue weighted by molar-refractivity contribution is 0.490. The van der Waals surface area contributed by atoms with Gasteiger partial charge in [0.1, 0.15) is 0 Å². The molecule has 0 heterocycles. The summed E-state index contributed by atoms with van der Waals surface area (Å²) < 4.78 is 0. The maximum Gasteiger partial charge on any atom is 0.0465 e. The summed E-state index contributed by atoms with van der Waals surface area (Å²) in [4.78, 5) is 4.87. The highest BCUT2D eigenvalue weighted by atomic mass is 15.1. The van der Waals surface area contributed by atoms with Crippen molar-refractivity contribution in [2.45, 2.75) is 175 Å². The van der Waals surface area contributed by atoms with E-state index in [0.717, 1.165) is 35.6 Å². The minimum atomic E-state index is -0.196. The fourth-order valence-corrected chi connectivity index (χ4v) is 15.4. The van der Waals surface area contributed by atoms with Crippen LogP contribution in [0.3, 0.4) is 0 Å². The lowest BCUT2D eigenvalue weighted by Crippen LogP contribution is -2.23. The molecule has 0 atom stereocenters. The summed E-state index contributed by atoms with van der Waals surface area (Å²) in [6, 6.07) is 79.6. The highest BCUT2D eigenvalue weighted by Gasteiger charge is 2.42. The number of benzene rings is 10. The Bertz CT molecular complexity index is 4160. The van der Waals surface area contributed by atoms with Crippen LogP contribution in [-0.2, 0) is 37.9 Å². The van der Waals surface area contributed by atoms with Crippen LogP contribution >= 0.6 is 0 Å². The van der Waals surface area contributed by atoms with E-state index in [0.29, 0.717) is 0 Å². The first kappa shape index (κ1) is 63.1. The van der Waals surface area contributed by atoms with Gasteiger partial charge in [-0.15, -0.1) is 0 Å². The molecule has 2 heteroatoms. The molecule has 10 aromatic rings. The Labute approximate surface area is 557 Å². The van der Waals surface area contributed by atoms with Crippen LogP contribution in [0.5, 0.6) is 0 Å². The van der Waals surface area contributed by atoms with Gasteiger partial charge in [0.2, 0.25) is 0 Å². The van der Waals surface area contributed by atoms with E-state index >= 15 is 0 Å². The van der Waals surface area contributed by atoms with Crippen LogP contribution in [0.25, 0.3) is 57.7 Å². The van der Waals surface area contributed by atoms with Crippen LogP contribution in [0, 0.1) is 0 Å². The maximum absolute atomic E-state index is 2.49. The quantitative estimate of drug-likeness (QED) is 0.113. The normalized spacial score (nSPS) is 15.0. The SMILES string of the molecule is CCC1(CC)c2cc(/C=C/c3ccc4c(c3)C(C)(C)c3cc(N(c5ccc(C(C)(C)C)cc5)c5ccc(C(C)(C)C)cc5)ccc3-4)ccc2-c2ccc(/C=C/c3ccc4c(c3)C(C)(C)c3cc(N(c5ccc(C(C)(C)C)cc5)c5ccc(C(C)(C)C)cc5)ccc3-4)cc21. The van der Waals surface area contributed by atoms with E-state index in [1.165, 1.54) is 123 Å². The van der Waals surface area contributed by atoms with Gasteiger partial charge in [-0.25, -0.2) is 0 Å². The first-order chi connectivity index (χ1) is 44.0. The van der Waals surface area contributed by atoms with Gasteiger partial charge in [0.05, 0.1) is 0 Å². The van der Waals surface area contributed by atoms with Crippen LogP contribution in [0.4, 0.5) is 34.1 Å². The Kier molecular flexibility index (Phi) is 15.5. The molecule has 0 amide bonds. The fourth-order valence-electron chi connectivity index (χ4n) is 15.4. The predicted octanol–water partition coefficient (Wildman–Crippen LogP) is 25.9. The highest BCUT2D eigenvalue weighted by Crippen LogP contribution is 2.56. The number of hydrogen-bond donors (Lipinski definition) is 0. The number of rotatable bonds is 12. The summed E-state index contributed by atoms with van der Waals surface area (Å²) in [5, 5.41) is 0. The van der Waals surface area contributed by atoms with E-state index in [1.807, 2.05) is 0 Å². The largest absolute Gasteiger partial charge is 0.310 e. The molecule has 0 N–H and O–H groups in total. The van der Waals surface area contributed by atoms with Crippen molar-refractivity contribution < 1.29 is 0 Å². The average molecular weight is 1220 g/mol. The van der Waals surface area contributed by atoms with Crippen molar-refractivity contribution in [3.05, 3.63) is 284 Å². The molecule has 3 aliphatic carbocycles. The van der Waals surface area contributed by atoms with Crippen LogP contribution in [0.2, 0.25) is 0 Å². The Balaban J connectivity index is 0.743.